The molecule has 0 radical (unpaired) electrons. The van der Waals surface area contributed by atoms with E-state index in [-0.39, 0.29) is 23.1 Å². The van der Waals surface area contributed by atoms with Crippen molar-refractivity contribution in [2.75, 3.05) is 26.7 Å². The molecule has 3 amide bonds. The Labute approximate surface area is 217 Å². The van der Waals surface area contributed by atoms with Crippen LogP contribution in [0, 0.1) is 0 Å². The fourth-order valence-corrected chi connectivity index (χ4v) is 5.24. The number of hydrogen-bond acceptors (Lipinski definition) is 7. The number of rotatable bonds is 6. The maximum absolute atomic E-state index is 12.9. The van der Waals surface area contributed by atoms with Gasteiger partial charge < -0.3 is 14.4 Å². The van der Waals surface area contributed by atoms with Crippen molar-refractivity contribution < 1.29 is 28.7 Å². The largest absolute Gasteiger partial charge is 0.493 e. The van der Waals surface area contributed by atoms with Gasteiger partial charge in [-0.05, 0) is 65.2 Å². The zero-order chi connectivity index (χ0) is 25.9. The maximum Gasteiger partial charge on any atom is 0.344 e. The highest BCUT2D eigenvalue weighted by Crippen LogP contribution is 2.35. The minimum absolute atomic E-state index is 0.210. The molecule has 2 fully saturated rings. The van der Waals surface area contributed by atoms with E-state index in [2.05, 4.69) is 0 Å². The summed E-state index contributed by atoms with van der Waals surface area (Å²) in [5.41, 5.74) is 1.01. The van der Waals surface area contributed by atoms with Crippen molar-refractivity contribution in [1.29, 1.82) is 0 Å². The van der Waals surface area contributed by atoms with Crippen LogP contribution in [-0.2, 0) is 9.59 Å². The van der Waals surface area contributed by atoms with Crippen molar-refractivity contribution in [2.45, 2.75) is 12.8 Å². The summed E-state index contributed by atoms with van der Waals surface area (Å²) in [4.78, 5) is 53.5. The number of fused-ring (bicyclic) bond motifs is 1. The molecule has 0 spiro atoms. The third-order valence-corrected chi connectivity index (χ3v) is 7.23. The standard InChI is InChI=1S/C28H24N2O6S/c1-35-23-15-18(16-24-26(32)30(28(34)37-24)17-25(31)29-13-4-5-14-29)11-12-22(23)36-27(33)21-10-6-8-19-7-2-3-9-20(19)21/h2-3,6-12,15-16H,4-5,13-14,17H2,1H3/b24-16-. The number of ether oxygens (including phenoxy) is 2. The monoisotopic (exact) mass is 516 g/mol. The van der Waals surface area contributed by atoms with Crippen molar-refractivity contribution in [2.24, 2.45) is 0 Å². The van der Waals surface area contributed by atoms with Gasteiger partial charge in [-0.1, -0.05) is 42.5 Å². The molecule has 2 aliphatic heterocycles. The van der Waals surface area contributed by atoms with Gasteiger partial charge in [0.15, 0.2) is 11.5 Å². The smallest absolute Gasteiger partial charge is 0.344 e. The van der Waals surface area contributed by atoms with E-state index < -0.39 is 17.1 Å². The van der Waals surface area contributed by atoms with Crippen LogP contribution in [0.1, 0.15) is 28.8 Å². The first-order valence-electron chi connectivity index (χ1n) is 11.9. The normalized spacial score (nSPS) is 16.6. The quantitative estimate of drug-likeness (QED) is 0.266. The van der Waals surface area contributed by atoms with Crippen LogP contribution < -0.4 is 9.47 Å². The fourth-order valence-electron chi connectivity index (χ4n) is 4.41. The van der Waals surface area contributed by atoms with Crippen molar-refractivity contribution in [3.05, 3.63) is 76.7 Å². The van der Waals surface area contributed by atoms with Gasteiger partial charge in [0, 0.05) is 13.1 Å². The van der Waals surface area contributed by atoms with Gasteiger partial charge in [-0.25, -0.2) is 4.79 Å². The molecular weight excluding hydrogens is 492 g/mol. The number of likely N-dealkylation sites (tertiary alicyclic amines) is 1. The predicted octanol–water partition coefficient (Wildman–Crippen LogP) is 4.73. The minimum Gasteiger partial charge on any atom is -0.493 e. The van der Waals surface area contributed by atoms with Gasteiger partial charge in [0.1, 0.15) is 6.54 Å². The third-order valence-electron chi connectivity index (χ3n) is 6.32. The van der Waals surface area contributed by atoms with Crippen LogP contribution in [0.4, 0.5) is 4.79 Å². The molecule has 3 aromatic carbocycles. The molecule has 0 unspecified atom stereocenters. The van der Waals surface area contributed by atoms with Gasteiger partial charge in [0.05, 0.1) is 17.6 Å². The molecule has 3 aromatic rings. The Balaban J connectivity index is 1.33. The van der Waals surface area contributed by atoms with Gasteiger partial charge in [0.2, 0.25) is 5.91 Å². The third kappa shape index (κ3) is 5.08. The predicted molar refractivity (Wildman–Crippen MR) is 140 cm³/mol. The molecule has 2 saturated heterocycles. The van der Waals surface area contributed by atoms with E-state index in [1.807, 2.05) is 30.3 Å². The zero-order valence-electron chi connectivity index (χ0n) is 20.1. The van der Waals surface area contributed by atoms with Crippen molar-refractivity contribution >= 4 is 51.6 Å². The van der Waals surface area contributed by atoms with Gasteiger partial charge >= 0.3 is 5.97 Å². The highest BCUT2D eigenvalue weighted by Gasteiger charge is 2.37. The molecular formula is C28H24N2O6S. The second kappa shape index (κ2) is 10.5. The number of carbonyl (C=O) groups excluding carboxylic acids is 4. The first-order valence-corrected chi connectivity index (χ1v) is 12.7. The van der Waals surface area contributed by atoms with Crippen molar-refractivity contribution in [3.8, 4) is 11.5 Å². The van der Waals surface area contributed by atoms with Crippen LogP contribution in [0.25, 0.3) is 16.8 Å². The Bertz CT molecular complexity index is 1440. The molecule has 37 heavy (non-hydrogen) atoms. The van der Waals surface area contributed by atoms with E-state index in [0.29, 0.717) is 30.0 Å². The molecule has 9 heteroatoms. The van der Waals surface area contributed by atoms with E-state index >= 15 is 0 Å². The molecule has 0 N–H and O–H groups in total. The molecule has 8 nitrogen and oxygen atoms in total. The van der Waals surface area contributed by atoms with Gasteiger partial charge in [-0.15, -0.1) is 0 Å². The lowest BCUT2D eigenvalue weighted by atomic mass is 10.0. The van der Waals surface area contributed by atoms with Crippen LogP contribution in [0.5, 0.6) is 11.5 Å². The number of thioether (sulfide) groups is 1. The zero-order valence-corrected chi connectivity index (χ0v) is 21.0. The number of nitrogens with zero attached hydrogens (tertiary/aromatic N) is 2. The summed E-state index contributed by atoms with van der Waals surface area (Å²) in [6, 6.07) is 17.8. The van der Waals surface area contributed by atoms with Crippen molar-refractivity contribution in [1.82, 2.24) is 9.80 Å². The summed E-state index contributed by atoms with van der Waals surface area (Å²) in [7, 11) is 1.45. The lowest BCUT2D eigenvalue weighted by Crippen LogP contribution is -2.40. The lowest BCUT2D eigenvalue weighted by molar-refractivity contribution is -0.135. The summed E-state index contributed by atoms with van der Waals surface area (Å²) in [5, 5.41) is 1.23. The van der Waals surface area contributed by atoms with Gasteiger partial charge in [-0.3, -0.25) is 19.3 Å². The highest BCUT2D eigenvalue weighted by atomic mass is 32.2. The highest BCUT2D eigenvalue weighted by molar-refractivity contribution is 8.18. The number of imide groups is 1. The van der Waals surface area contributed by atoms with Gasteiger partial charge in [-0.2, -0.15) is 0 Å². The van der Waals surface area contributed by atoms with E-state index in [1.54, 1.807) is 41.3 Å². The number of carbonyl (C=O) groups is 4. The second-order valence-corrected chi connectivity index (χ2v) is 9.68. The number of amides is 3. The molecule has 0 atom stereocenters. The van der Waals surface area contributed by atoms with Crippen LogP contribution in [0.15, 0.2) is 65.6 Å². The molecule has 0 aliphatic carbocycles. The average molecular weight is 517 g/mol. The topological polar surface area (TPSA) is 93.2 Å². The lowest BCUT2D eigenvalue weighted by Gasteiger charge is -2.18. The Morgan fingerprint density at radius 1 is 0.973 bits per heavy atom. The Kier molecular flexibility index (Phi) is 6.96. The molecule has 2 heterocycles. The van der Waals surface area contributed by atoms with E-state index in [0.717, 1.165) is 40.3 Å². The Morgan fingerprint density at radius 3 is 2.51 bits per heavy atom. The van der Waals surface area contributed by atoms with Crippen LogP contribution in [0.3, 0.4) is 0 Å². The Morgan fingerprint density at radius 2 is 1.73 bits per heavy atom. The number of benzene rings is 3. The second-order valence-electron chi connectivity index (χ2n) is 8.68. The fraction of sp³-hybridized carbons (Fsp3) is 0.214. The summed E-state index contributed by atoms with van der Waals surface area (Å²) >= 11 is 0.789. The SMILES string of the molecule is COc1cc(/C=C2\SC(=O)N(CC(=O)N3CCCC3)C2=O)ccc1OC(=O)c1cccc2ccccc12. The first kappa shape index (κ1) is 24.6. The number of hydrogen-bond donors (Lipinski definition) is 0. The molecule has 0 saturated carbocycles. The number of methoxy groups -OCH3 is 1. The minimum atomic E-state index is -0.522. The first-order chi connectivity index (χ1) is 17.9. The Hall–Kier alpha value is -4.11. The summed E-state index contributed by atoms with van der Waals surface area (Å²) in [6.45, 7) is 1.05. The number of esters is 1. The molecule has 5 rings (SSSR count). The average Bonchev–Trinajstić information content (AvgIpc) is 3.54. The van der Waals surface area contributed by atoms with Crippen LogP contribution >= 0.6 is 11.8 Å². The van der Waals surface area contributed by atoms with E-state index in [4.69, 9.17) is 9.47 Å². The molecule has 2 aliphatic rings. The molecule has 0 bridgehead atoms. The van der Waals surface area contributed by atoms with Crippen molar-refractivity contribution in [3.63, 3.8) is 0 Å². The molecule has 0 aromatic heterocycles. The van der Waals surface area contributed by atoms with Crippen LogP contribution in [-0.4, -0.2) is 59.6 Å². The van der Waals surface area contributed by atoms with E-state index in [9.17, 15) is 19.2 Å². The maximum atomic E-state index is 12.9. The van der Waals surface area contributed by atoms with Crippen LogP contribution in [0.2, 0.25) is 0 Å². The summed E-state index contributed by atoms with van der Waals surface area (Å²) in [6.07, 6.45) is 3.43. The van der Waals surface area contributed by atoms with Gasteiger partial charge in [0.25, 0.3) is 11.1 Å². The summed E-state index contributed by atoms with van der Waals surface area (Å²) < 4.78 is 11.1. The summed E-state index contributed by atoms with van der Waals surface area (Å²) in [5.74, 6) is -0.729. The van der Waals surface area contributed by atoms with E-state index in [1.165, 1.54) is 7.11 Å². The molecule has 188 valence electrons.